The van der Waals surface area contributed by atoms with Gasteiger partial charge in [0.25, 0.3) is 0 Å². The van der Waals surface area contributed by atoms with Crippen LogP contribution in [0, 0.1) is 11.8 Å². The van der Waals surface area contributed by atoms with Crippen molar-refractivity contribution in [3.05, 3.63) is 12.2 Å². The highest BCUT2D eigenvalue weighted by Crippen LogP contribution is 2.30. The molecular weight excluding hydrogens is 156 g/mol. The third kappa shape index (κ3) is 3.97. The lowest BCUT2D eigenvalue weighted by molar-refractivity contribution is 0.306. The molecule has 13 heavy (non-hydrogen) atoms. The van der Waals surface area contributed by atoms with Crippen molar-refractivity contribution in [2.45, 2.75) is 58.8 Å². The Morgan fingerprint density at radius 1 is 1.23 bits per heavy atom. The van der Waals surface area contributed by atoms with Gasteiger partial charge < -0.3 is 0 Å². The maximum Gasteiger partial charge on any atom is -0.0208 e. The normalized spacial score (nSPS) is 29.7. The monoisotopic (exact) mass is 180 g/mol. The highest BCUT2D eigenvalue weighted by molar-refractivity contribution is 4.92. The van der Waals surface area contributed by atoms with Crippen LogP contribution >= 0.6 is 0 Å². The molecule has 0 amide bonds. The van der Waals surface area contributed by atoms with Gasteiger partial charge in [0, 0.05) is 0 Å². The molecular formula is C13H24. The van der Waals surface area contributed by atoms with Gasteiger partial charge in [-0.1, -0.05) is 58.1 Å². The van der Waals surface area contributed by atoms with Crippen molar-refractivity contribution in [3.8, 4) is 0 Å². The van der Waals surface area contributed by atoms with Crippen LogP contribution in [0.15, 0.2) is 12.2 Å². The Balaban J connectivity index is 2.21. The van der Waals surface area contributed by atoms with E-state index in [0.717, 1.165) is 11.8 Å². The average molecular weight is 180 g/mol. The van der Waals surface area contributed by atoms with E-state index in [0.29, 0.717) is 0 Å². The van der Waals surface area contributed by atoms with Gasteiger partial charge in [0.1, 0.15) is 0 Å². The smallest absolute Gasteiger partial charge is 0.0208 e. The zero-order chi connectivity index (χ0) is 9.52. The molecule has 1 saturated carbocycles. The van der Waals surface area contributed by atoms with Crippen molar-refractivity contribution in [1.29, 1.82) is 0 Å². The Morgan fingerprint density at radius 2 is 2.00 bits per heavy atom. The largest absolute Gasteiger partial charge is 0.0883 e. The lowest BCUT2D eigenvalue weighted by atomic mass is 9.80. The molecule has 0 aromatic heterocycles. The minimum atomic E-state index is 0.894. The summed E-state index contributed by atoms with van der Waals surface area (Å²) < 4.78 is 0. The Morgan fingerprint density at radius 3 is 2.69 bits per heavy atom. The second kappa shape index (κ2) is 6.23. The number of hydrogen-bond donors (Lipinski definition) is 0. The van der Waals surface area contributed by atoms with Crippen LogP contribution in [0.3, 0.4) is 0 Å². The minimum Gasteiger partial charge on any atom is -0.0883 e. The van der Waals surface area contributed by atoms with Crippen molar-refractivity contribution >= 4 is 0 Å². The van der Waals surface area contributed by atoms with E-state index in [1.54, 1.807) is 0 Å². The fourth-order valence-corrected chi connectivity index (χ4v) is 2.22. The van der Waals surface area contributed by atoms with Crippen LogP contribution in [0.4, 0.5) is 0 Å². The standard InChI is InChI=1S/C13H24/c1-3-4-5-6-10-13-11-8-7-9-12(13)2/h6,10,12-13H,3-5,7-9,11H2,1-2H3/b10-6-. The predicted octanol–water partition coefficient (Wildman–Crippen LogP) is 4.56. The van der Waals surface area contributed by atoms with Gasteiger partial charge in [-0.3, -0.25) is 0 Å². The minimum absolute atomic E-state index is 0.894. The summed E-state index contributed by atoms with van der Waals surface area (Å²) in [6.07, 6.45) is 14.7. The summed E-state index contributed by atoms with van der Waals surface area (Å²) in [6.45, 7) is 4.67. The van der Waals surface area contributed by atoms with E-state index < -0.39 is 0 Å². The van der Waals surface area contributed by atoms with Crippen LogP contribution in [0.5, 0.6) is 0 Å². The van der Waals surface area contributed by atoms with Crippen molar-refractivity contribution < 1.29 is 0 Å². The van der Waals surface area contributed by atoms with Crippen LogP contribution in [0.25, 0.3) is 0 Å². The zero-order valence-corrected chi connectivity index (χ0v) is 9.26. The van der Waals surface area contributed by atoms with Gasteiger partial charge in [0.2, 0.25) is 0 Å². The number of rotatable bonds is 4. The summed E-state index contributed by atoms with van der Waals surface area (Å²) in [4.78, 5) is 0. The Kier molecular flexibility index (Phi) is 5.19. The summed E-state index contributed by atoms with van der Waals surface area (Å²) in [7, 11) is 0. The van der Waals surface area contributed by atoms with Crippen LogP contribution in [0.1, 0.15) is 58.8 Å². The zero-order valence-electron chi connectivity index (χ0n) is 9.26. The first-order valence-corrected chi connectivity index (χ1v) is 6.01. The first-order chi connectivity index (χ1) is 6.34. The molecule has 1 aliphatic rings. The second-order valence-corrected chi connectivity index (χ2v) is 4.50. The van der Waals surface area contributed by atoms with Crippen molar-refractivity contribution in [1.82, 2.24) is 0 Å². The molecule has 1 aliphatic carbocycles. The maximum absolute atomic E-state index is 2.49. The van der Waals surface area contributed by atoms with E-state index in [9.17, 15) is 0 Å². The topological polar surface area (TPSA) is 0 Å². The van der Waals surface area contributed by atoms with E-state index in [1.807, 2.05) is 0 Å². The third-order valence-corrected chi connectivity index (χ3v) is 3.29. The lowest BCUT2D eigenvalue weighted by Gasteiger charge is -2.25. The first kappa shape index (κ1) is 10.8. The Labute approximate surface area is 83.4 Å². The molecule has 0 bridgehead atoms. The lowest BCUT2D eigenvalue weighted by Crippen LogP contribution is -2.14. The van der Waals surface area contributed by atoms with Gasteiger partial charge in [-0.05, 0) is 24.7 Å². The van der Waals surface area contributed by atoms with Crippen molar-refractivity contribution in [2.75, 3.05) is 0 Å². The van der Waals surface area contributed by atoms with E-state index in [4.69, 9.17) is 0 Å². The molecule has 1 fully saturated rings. The first-order valence-electron chi connectivity index (χ1n) is 6.01. The van der Waals surface area contributed by atoms with Crippen LogP contribution < -0.4 is 0 Å². The number of unbranched alkanes of at least 4 members (excludes halogenated alkanes) is 2. The van der Waals surface area contributed by atoms with E-state index in [-0.39, 0.29) is 0 Å². The van der Waals surface area contributed by atoms with Crippen LogP contribution in [0.2, 0.25) is 0 Å². The summed E-state index contributed by atoms with van der Waals surface area (Å²) in [5.41, 5.74) is 0. The number of hydrogen-bond acceptors (Lipinski definition) is 0. The van der Waals surface area contributed by atoms with E-state index >= 15 is 0 Å². The summed E-state index contributed by atoms with van der Waals surface area (Å²) in [5, 5.41) is 0. The van der Waals surface area contributed by atoms with Gasteiger partial charge in [0.05, 0.1) is 0 Å². The molecule has 0 radical (unpaired) electrons. The molecule has 1 rings (SSSR count). The van der Waals surface area contributed by atoms with Crippen LogP contribution in [-0.4, -0.2) is 0 Å². The highest BCUT2D eigenvalue weighted by atomic mass is 14.2. The molecule has 0 heterocycles. The Hall–Kier alpha value is -0.260. The second-order valence-electron chi connectivity index (χ2n) is 4.50. The maximum atomic E-state index is 2.49. The molecule has 2 unspecified atom stereocenters. The molecule has 0 aliphatic heterocycles. The fraction of sp³-hybridized carbons (Fsp3) is 0.846. The van der Waals surface area contributed by atoms with Gasteiger partial charge in [-0.25, -0.2) is 0 Å². The SMILES string of the molecule is CCCC/C=C\C1CCCCC1C. The van der Waals surface area contributed by atoms with E-state index in [2.05, 4.69) is 26.0 Å². The fourth-order valence-electron chi connectivity index (χ4n) is 2.22. The Bertz CT molecular complexity index is 146. The molecule has 0 aromatic rings. The molecule has 0 aromatic carbocycles. The molecule has 76 valence electrons. The summed E-state index contributed by atoms with van der Waals surface area (Å²) >= 11 is 0. The van der Waals surface area contributed by atoms with Gasteiger partial charge in [-0.15, -0.1) is 0 Å². The molecule has 0 spiro atoms. The quantitative estimate of drug-likeness (QED) is 0.439. The summed E-state index contributed by atoms with van der Waals surface area (Å²) in [6, 6.07) is 0. The average Bonchev–Trinajstić information content (AvgIpc) is 2.15. The highest BCUT2D eigenvalue weighted by Gasteiger charge is 2.17. The third-order valence-electron chi connectivity index (χ3n) is 3.29. The van der Waals surface area contributed by atoms with Crippen LogP contribution in [-0.2, 0) is 0 Å². The molecule has 0 N–H and O–H groups in total. The van der Waals surface area contributed by atoms with Gasteiger partial charge in [-0.2, -0.15) is 0 Å². The predicted molar refractivity (Wildman–Crippen MR) is 59.8 cm³/mol. The molecule has 0 saturated heterocycles. The molecule has 0 heteroatoms. The van der Waals surface area contributed by atoms with Gasteiger partial charge in [0.15, 0.2) is 0 Å². The van der Waals surface area contributed by atoms with Crippen molar-refractivity contribution in [3.63, 3.8) is 0 Å². The number of allylic oxidation sites excluding steroid dienone is 2. The molecule has 2 atom stereocenters. The summed E-state index contributed by atoms with van der Waals surface area (Å²) in [5.74, 6) is 1.83. The van der Waals surface area contributed by atoms with Gasteiger partial charge >= 0.3 is 0 Å². The molecule has 0 nitrogen and oxygen atoms in total. The van der Waals surface area contributed by atoms with E-state index in [1.165, 1.54) is 44.9 Å². The van der Waals surface area contributed by atoms with Crippen molar-refractivity contribution in [2.24, 2.45) is 11.8 Å².